The molecule has 148 valence electrons. The van der Waals surface area contributed by atoms with Gasteiger partial charge in [-0.25, -0.2) is 0 Å². The Morgan fingerprint density at radius 1 is 1.14 bits per heavy atom. The molecule has 29 heavy (non-hydrogen) atoms. The minimum absolute atomic E-state index is 0.0485. The molecule has 2 saturated heterocycles. The first-order valence-electron chi connectivity index (χ1n) is 10.1. The summed E-state index contributed by atoms with van der Waals surface area (Å²) >= 11 is 0. The fourth-order valence-corrected chi connectivity index (χ4v) is 5.08. The SMILES string of the molecule is CCOC(=O)[C@H]1[C@H]2C(=O)N(C(c3ccccc3)c3ccccc3)C[C@]23C=C[C@H]1O3. The average Bonchev–Trinajstić information content (AvgIpc) is 3.39. The third-order valence-corrected chi connectivity index (χ3v) is 6.23. The number of hydrogen-bond donors (Lipinski definition) is 0. The Bertz CT molecular complexity index is 918. The summed E-state index contributed by atoms with van der Waals surface area (Å²) in [5.41, 5.74) is 1.32. The van der Waals surface area contributed by atoms with E-state index in [1.165, 1.54) is 0 Å². The molecule has 2 aromatic carbocycles. The number of carbonyl (C=O) groups is 2. The number of ether oxygens (including phenoxy) is 2. The van der Waals surface area contributed by atoms with Crippen LogP contribution >= 0.6 is 0 Å². The third kappa shape index (κ3) is 2.72. The monoisotopic (exact) mass is 389 g/mol. The van der Waals surface area contributed by atoms with Crippen LogP contribution in [0.25, 0.3) is 0 Å². The zero-order valence-corrected chi connectivity index (χ0v) is 16.2. The smallest absolute Gasteiger partial charge is 0.312 e. The second kappa shape index (κ2) is 6.85. The van der Waals surface area contributed by atoms with E-state index >= 15 is 0 Å². The summed E-state index contributed by atoms with van der Waals surface area (Å²) in [6.07, 6.45) is 3.51. The molecule has 5 nitrogen and oxygen atoms in total. The van der Waals surface area contributed by atoms with Crippen molar-refractivity contribution in [2.75, 3.05) is 13.2 Å². The van der Waals surface area contributed by atoms with Gasteiger partial charge in [0.25, 0.3) is 0 Å². The van der Waals surface area contributed by atoms with E-state index in [4.69, 9.17) is 9.47 Å². The van der Waals surface area contributed by atoms with E-state index in [-0.39, 0.29) is 24.0 Å². The van der Waals surface area contributed by atoms with Crippen molar-refractivity contribution in [3.8, 4) is 0 Å². The van der Waals surface area contributed by atoms with E-state index in [1.54, 1.807) is 6.92 Å². The molecule has 3 heterocycles. The van der Waals surface area contributed by atoms with Crippen molar-refractivity contribution in [2.24, 2.45) is 11.8 Å². The lowest BCUT2D eigenvalue weighted by Crippen LogP contribution is -2.40. The van der Waals surface area contributed by atoms with E-state index in [1.807, 2.05) is 77.7 Å². The lowest BCUT2D eigenvalue weighted by Gasteiger charge is -2.31. The highest BCUT2D eigenvalue weighted by Gasteiger charge is 2.68. The van der Waals surface area contributed by atoms with Crippen molar-refractivity contribution in [2.45, 2.75) is 24.7 Å². The van der Waals surface area contributed by atoms with Gasteiger partial charge in [-0.05, 0) is 18.1 Å². The van der Waals surface area contributed by atoms with Crippen LogP contribution in [0.2, 0.25) is 0 Å². The van der Waals surface area contributed by atoms with Crippen molar-refractivity contribution in [1.82, 2.24) is 4.90 Å². The van der Waals surface area contributed by atoms with Crippen molar-refractivity contribution in [1.29, 1.82) is 0 Å². The molecule has 5 rings (SSSR count). The number of nitrogens with zero attached hydrogens (tertiary/aromatic N) is 1. The van der Waals surface area contributed by atoms with E-state index in [0.717, 1.165) is 11.1 Å². The molecule has 1 spiro atoms. The highest BCUT2D eigenvalue weighted by molar-refractivity contribution is 5.91. The van der Waals surface area contributed by atoms with Gasteiger partial charge < -0.3 is 14.4 Å². The first kappa shape index (κ1) is 18.1. The van der Waals surface area contributed by atoms with Gasteiger partial charge in [0.05, 0.1) is 31.2 Å². The maximum atomic E-state index is 13.7. The Balaban J connectivity index is 1.55. The van der Waals surface area contributed by atoms with Gasteiger partial charge in [-0.15, -0.1) is 0 Å². The third-order valence-electron chi connectivity index (χ3n) is 6.23. The first-order valence-corrected chi connectivity index (χ1v) is 10.1. The topological polar surface area (TPSA) is 55.8 Å². The van der Waals surface area contributed by atoms with Crippen LogP contribution in [0.5, 0.6) is 0 Å². The molecule has 2 fully saturated rings. The Morgan fingerprint density at radius 3 is 2.34 bits per heavy atom. The standard InChI is InChI=1S/C24H23NO4/c1-2-28-23(27)19-18-13-14-24(29-18)15-25(22(26)20(19)24)21(16-9-5-3-6-10-16)17-11-7-4-8-12-17/h3-14,18-21H,2,15H2,1H3/t18-,19-,20+,24-/m1/s1. The van der Waals surface area contributed by atoms with Crippen LogP contribution in [0.15, 0.2) is 72.8 Å². The van der Waals surface area contributed by atoms with Gasteiger partial charge in [0.1, 0.15) is 11.5 Å². The predicted octanol–water partition coefficient (Wildman–Crippen LogP) is 3.12. The average molecular weight is 389 g/mol. The Kier molecular flexibility index (Phi) is 4.28. The van der Waals surface area contributed by atoms with Crippen LogP contribution < -0.4 is 0 Å². The molecule has 3 aliphatic heterocycles. The van der Waals surface area contributed by atoms with Gasteiger partial charge in [0.2, 0.25) is 5.91 Å². The van der Waals surface area contributed by atoms with Gasteiger partial charge in [0, 0.05) is 0 Å². The van der Waals surface area contributed by atoms with Gasteiger partial charge in [0.15, 0.2) is 0 Å². The minimum Gasteiger partial charge on any atom is -0.466 e. The van der Waals surface area contributed by atoms with Gasteiger partial charge in [-0.2, -0.15) is 0 Å². The lowest BCUT2D eigenvalue weighted by molar-refractivity contribution is -0.153. The molecule has 5 heteroatoms. The molecule has 0 unspecified atom stereocenters. The van der Waals surface area contributed by atoms with Crippen LogP contribution in [0, 0.1) is 11.8 Å². The van der Waals surface area contributed by atoms with Crippen molar-refractivity contribution < 1.29 is 19.1 Å². The molecule has 0 aliphatic carbocycles. The second-order valence-electron chi connectivity index (χ2n) is 7.84. The molecule has 3 aliphatic rings. The molecule has 2 aromatic rings. The number of fused-ring (bicyclic) bond motifs is 1. The summed E-state index contributed by atoms with van der Waals surface area (Å²) in [5, 5.41) is 0. The van der Waals surface area contributed by atoms with Crippen LogP contribution in [0.1, 0.15) is 24.1 Å². The number of hydrogen-bond acceptors (Lipinski definition) is 4. The number of rotatable bonds is 5. The molecular weight excluding hydrogens is 366 g/mol. The maximum absolute atomic E-state index is 13.7. The molecule has 0 N–H and O–H groups in total. The Labute approximate surface area is 169 Å². The summed E-state index contributed by atoms with van der Waals surface area (Å²) in [4.78, 5) is 28.2. The summed E-state index contributed by atoms with van der Waals surface area (Å²) in [6.45, 7) is 2.50. The molecule has 0 saturated carbocycles. The summed E-state index contributed by atoms with van der Waals surface area (Å²) in [7, 11) is 0. The van der Waals surface area contributed by atoms with Crippen molar-refractivity contribution in [3.05, 3.63) is 83.9 Å². The largest absolute Gasteiger partial charge is 0.466 e. The molecule has 0 aromatic heterocycles. The molecule has 4 atom stereocenters. The second-order valence-corrected chi connectivity index (χ2v) is 7.84. The fourth-order valence-electron chi connectivity index (χ4n) is 5.08. The number of carbonyl (C=O) groups excluding carboxylic acids is 2. The zero-order chi connectivity index (χ0) is 20.0. The normalized spacial score (nSPS) is 29.5. The van der Waals surface area contributed by atoms with Crippen molar-refractivity contribution >= 4 is 11.9 Å². The summed E-state index contributed by atoms with van der Waals surface area (Å²) in [5.74, 6) is -1.51. The van der Waals surface area contributed by atoms with Crippen LogP contribution in [0.4, 0.5) is 0 Å². The number of benzene rings is 2. The highest BCUT2D eigenvalue weighted by Crippen LogP contribution is 2.54. The number of amides is 1. The Morgan fingerprint density at radius 2 is 1.76 bits per heavy atom. The number of likely N-dealkylation sites (tertiary alicyclic amines) is 1. The minimum atomic E-state index is -0.749. The van der Waals surface area contributed by atoms with Crippen molar-refractivity contribution in [3.63, 3.8) is 0 Å². The molecule has 2 bridgehead atoms. The van der Waals surface area contributed by atoms with E-state index in [2.05, 4.69) is 0 Å². The van der Waals surface area contributed by atoms with E-state index in [9.17, 15) is 9.59 Å². The molecule has 0 radical (unpaired) electrons. The predicted molar refractivity (Wildman–Crippen MR) is 107 cm³/mol. The Hall–Kier alpha value is -2.92. The zero-order valence-electron chi connectivity index (χ0n) is 16.2. The fraction of sp³-hybridized carbons (Fsp3) is 0.333. The lowest BCUT2D eigenvalue weighted by atomic mass is 9.77. The highest BCUT2D eigenvalue weighted by atomic mass is 16.6. The van der Waals surface area contributed by atoms with E-state index < -0.39 is 17.4 Å². The van der Waals surface area contributed by atoms with Gasteiger partial charge in [-0.3, -0.25) is 9.59 Å². The summed E-state index contributed by atoms with van der Waals surface area (Å²) < 4.78 is 11.5. The van der Waals surface area contributed by atoms with Crippen LogP contribution in [-0.4, -0.2) is 41.6 Å². The molecular formula is C24H23NO4. The van der Waals surface area contributed by atoms with E-state index in [0.29, 0.717) is 13.2 Å². The quantitative estimate of drug-likeness (QED) is 0.582. The number of esters is 1. The first-order chi connectivity index (χ1) is 14.1. The maximum Gasteiger partial charge on any atom is 0.312 e. The molecule has 1 amide bonds. The van der Waals surface area contributed by atoms with Gasteiger partial charge in [-0.1, -0.05) is 72.8 Å². The van der Waals surface area contributed by atoms with Gasteiger partial charge >= 0.3 is 5.97 Å². The van der Waals surface area contributed by atoms with Crippen LogP contribution in [-0.2, 0) is 19.1 Å². The van der Waals surface area contributed by atoms with Crippen LogP contribution in [0.3, 0.4) is 0 Å². The summed E-state index contributed by atoms with van der Waals surface area (Å²) in [6, 6.07) is 19.8.